The number of carbonyl (C=O) groups excluding carboxylic acids is 1. The molecule has 2 aliphatic rings. The Balaban J connectivity index is 1.34. The van der Waals surface area contributed by atoms with Crippen LogP contribution in [-0.4, -0.2) is 80.0 Å². The van der Waals surface area contributed by atoms with Gasteiger partial charge in [0.2, 0.25) is 0 Å². The minimum Gasteiger partial charge on any atom is -0.493 e. The lowest BCUT2D eigenvalue weighted by Gasteiger charge is -2.39. The third-order valence-corrected chi connectivity index (χ3v) is 5.16. The fourth-order valence-electron chi connectivity index (χ4n) is 3.47. The van der Waals surface area contributed by atoms with Crippen molar-refractivity contribution in [1.82, 2.24) is 15.1 Å². The quantitative estimate of drug-likeness (QED) is 0.761. The maximum absolute atomic E-state index is 12.2. The molecule has 2 fully saturated rings. The highest BCUT2D eigenvalue weighted by Gasteiger charge is 2.33. The summed E-state index contributed by atoms with van der Waals surface area (Å²) in [6.07, 6.45) is 2.15. The summed E-state index contributed by atoms with van der Waals surface area (Å²) < 4.78 is 11.2. The van der Waals surface area contributed by atoms with Crippen molar-refractivity contribution in [1.29, 1.82) is 0 Å². The molecule has 144 valence electrons. The number of methoxy groups -OCH3 is 1. The summed E-state index contributed by atoms with van der Waals surface area (Å²) in [4.78, 5) is 16.3. The Bertz CT molecular complexity index is 584. The summed E-state index contributed by atoms with van der Waals surface area (Å²) >= 11 is 0. The number of likely N-dealkylation sites (tertiary alicyclic amines) is 2. The van der Waals surface area contributed by atoms with Gasteiger partial charge in [-0.05, 0) is 44.0 Å². The average molecular weight is 363 g/mol. The van der Waals surface area contributed by atoms with E-state index >= 15 is 0 Å². The zero-order valence-corrected chi connectivity index (χ0v) is 15.4. The van der Waals surface area contributed by atoms with Crippen LogP contribution in [0.4, 0.5) is 4.79 Å². The molecule has 1 aromatic carbocycles. The first-order valence-electron chi connectivity index (χ1n) is 9.35. The zero-order valence-electron chi connectivity index (χ0n) is 15.4. The standard InChI is InChI=1S/C19H29N3O4/c1-25-17-4-2-3-5-18(17)26-16-13-22(14-16)19(24)20-12-15-6-8-21(9-7-15)10-11-23/h2-5,15-16,23H,6-14H2,1H3,(H,20,24). The van der Waals surface area contributed by atoms with E-state index in [1.807, 2.05) is 24.3 Å². The van der Waals surface area contributed by atoms with E-state index in [1.54, 1.807) is 12.0 Å². The monoisotopic (exact) mass is 363 g/mol. The second-order valence-corrected chi connectivity index (χ2v) is 6.99. The van der Waals surface area contributed by atoms with Crippen LogP contribution in [0.5, 0.6) is 11.5 Å². The van der Waals surface area contributed by atoms with Crippen LogP contribution in [0, 0.1) is 5.92 Å². The van der Waals surface area contributed by atoms with Crippen LogP contribution >= 0.6 is 0 Å². The summed E-state index contributed by atoms with van der Waals surface area (Å²) in [7, 11) is 1.62. The first kappa shape index (κ1) is 18.8. The molecule has 3 rings (SSSR count). The van der Waals surface area contributed by atoms with E-state index in [9.17, 15) is 4.79 Å². The number of aliphatic hydroxyl groups is 1. The molecule has 0 spiro atoms. The van der Waals surface area contributed by atoms with Crippen LogP contribution in [0.25, 0.3) is 0 Å². The Morgan fingerprint density at radius 1 is 1.23 bits per heavy atom. The van der Waals surface area contributed by atoms with E-state index in [0.29, 0.717) is 24.8 Å². The largest absolute Gasteiger partial charge is 0.493 e. The van der Waals surface area contributed by atoms with Crippen molar-refractivity contribution in [3.05, 3.63) is 24.3 Å². The van der Waals surface area contributed by atoms with Gasteiger partial charge in [-0.3, -0.25) is 0 Å². The summed E-state index contributed by atoms with van der Waals surface area (Å²) in [5.41, 5.74) is 0. The van der Waals surface area contributed by atoms with E-state index in [2.05, 4.69) is 10.2 Å². The topological polar surface area (TPSA) is 74.3 Å². The van der Waals surface area contributed by atoms with Crippen molar-refractivity contribution in [3.63, 3.8) is 0 Å². The minimum absolute atomic E-state index is 0.0114. The molecule has 0 radical (unpaired) electrons. The summed E-state index contributed by atoms with van der Waals surface area (Å²) in [5, 5.41) is 12.0. The second kappa shape index (κ2) is 9.09. The van der Waals surface area contributed by atoms with Crippen LogP contribution in [-0.2, 0) is 0 Å². The van der Waals surface area contributed by atoms with Gasteiger partial charge in [-0.25, -0.2) is 4.79 Å². The average Bonchev–Trinajstić information content (AvgIpc) is 2.64. The van der Waals surface area contributed by atoms with Crippen LogP contribution < -0.4 is 14.8 Å². The molecule has 2 N–H and O–H groups in total. The fourth-order valence-corrected chi connectivity index (χ4v) is 3.47. The highest BCUT2D eigenvalue weighted by molar-refractivity contribution is 5.75. The Kier molecular flexibility index (Phi) is 6.57. The number of rotatable bonds is 7. The van der Waals surface area contributed by atoms with Gasteiger partial charge in [0.15, 0.2) is 11.5 Å². The van der Waals surface area contributed by atoms with E-state index in [-0.39, 0.29) is 18.7 Å². The summed E-state index contributed by atoms with van der Waals surface area (Å²) in [6, 6.07) is 7.55. The molecule has 0 bridgehead atoms. The van der Waals surface area contributed by atoms with Crippen LogP contribution in [0.2, 0.25) is 0 Å². The fraction of sp³-hybridized carbons (Fsp3) is 0.632. The van der Waals surface area contributed by atoms with Crippen LogP contribution in [0.15, 0.2) is 24.3 Å². The zero-order chi connectivity index (χ0) is 18.4. The Labute approximate surface area is 154 Å². The van der Waals surface area contributed by atoms with Crippen LogP contribution in [0.3, 0.4) is 0 Å². The predicted octanol–water partition coefficient (Wildman–Crippen LogP) is 1.17. The number of amides is 2. The highest BCUT2D eigenvalue weighted by atomic mass is 16.5. The second-order valence-electron chi connectivity index (χ2n) is 6.99. The van der Waals surface area contributed by atoms with Gasteiger partial charge in [0.1, 0.15) is 6.10 Å². The summed E-state index contributed by atoms with van der Waals surface area (Å²) in [5.74, 6) is 1.95. The van der Waals surface area contributed by atoms with Crippen molar-refractivity contribution in [3.8, 4) is 11.5 Å². The van der Waals surface area contributed by atoms with E-state index in [1.165, 1.54) is 0 Å². The molecular formula is C19H29N3O4. The molecule has 0 aromatic heterocycles. The van der Waals surface area contributed by atoms with Gasteiger partial charge in [-0.1, -0.05) is 12.1 Å². The molecule has 0 atom stereocenters. The normalized spacial score (nSPS) is 19.1. The van der Waals surface area contributed by atoms with Gasteiger partial charge in [0.05, 0.1) is 26.8 Å². The Morgan fingerprint density at radius 3 is 2.58 bits per heavy atom. The van der Waals surface area contributed by atoms with Crippen LogP contribution in [0.1, 0.15) is 12.8 Å². The molecule has 0 aliphatic carbocycles. The number of hydrogen-bond donors (Lipinski definition) is 2. The van der Waals surface area contributed by atoms with Gasteiger partial charge < -0.3 is 29.7 Å². The molecule has 2 amide bonds. The number of β-amino-alcohol motifs (C(OH)–C–C–N with tert-alkyl or cyclic N) is 1. The number of benzene rings is 1. The third-order valence-electron chi connectivity index (χ3n) is 5.16. The third kappa shape index (κ3) is 4.80. The number of para-hydroxylation sites is 2. The van der Waals surface area contributed by atoms with Crippen molar-refractivity contribution < 1.29 is 19.4 Å². The molecule has 2 aliphatic heterocycles. The number of piperidine rings is 1. The molecule has 26 heavy (non-hydrogen) atoms. The highest BCUT2D eigenvalue weighted by Crippen LogP contribution is 2.28. The number of nitrogens with zero attached hydrogens (tertiary/aromatic N) is 2. The maximum atomic E-state index is 12.2. The smallest absolute Gasteiger partial charge is 0.317 e. The number of urea groups is 1. The van der Waals surface area contributed by atoms with Gasteiger partial charge in [0, 0.05) is 13.1 Å². The number of nitrogens with one attached hydrogen (secondary N) is 1. The molecular weight excluding hydrogens is 334 g/mol. The SMILES string of the molecule is COc1ccccc1OC1CN(C(=O)NCC2CCN(CCO)CC2)C1. The number of hydrogen-bond acceptors (Lipinski definition) is 5. The lowest BCUT2D eigenvalue weighted by Crippen LogP contribution is -2.59. The molecule has 2 saturated heterocycles. The molecule has 0 saturated carbocycles. The molecule has 2 heterocycles. The molecule has 0 unspecified atom stereocenters. The van der Waals surface area contributed by atoms with Crippen molar-refractivity contribution in [2.75, 3.05) is 53.0 Å². The van der Waals surface area contributed by atoms with E-state index < -0.39 is 0 Å². The molecule has 7 nitrogen and oxygen atoms in total. The lowest BCUT2D eigenvalue weighted by molar-refractivity contribution is 0.0420. The maximum Gasteiger partial charge on any atom is 0.317 e. The molecule has 7 heteroatoms. The van der Waals surface area contributed by atoms with Gasteiger partial charge in [-0.15, -0.1) is 0 Å². The van der Waals surface area contributed by atoms with Crippen molar-refractivity contribution in [2.24, 2.45) is 5.92 Å². The lowest BCUT2D eigenvalue weighted by atomic mass is 9.97. The first-order valence-corrected chi connectivity index (χ1v) is 9.35. The van der Waals surface area contributed by atoms with Gasteiger partial charge in [-0.2, -0.15) is 0 Å². The van der Waals surface area contributed by atoms with E-state index in [0.717, 1.165) is 44.8 Å². The van der Waals surface area contributed by atoms with Gasteiger partial charge >= 0.3 is 6.03 Å². The van der Waals surface area contributed by atoms with Crippen molar-refractivity contribution >= 4 is 6.03 Å². The number of carbonyl (C=O) groups is 1. The first-order chi connectivity index (χ1) is 12.7. The van der Waals surface area contributed by atoms with Crippen molar-refractivity contribution in [2.45, 2.75) is 18.9 Å². The Morgan fingerprint density at radius 2 is 1.92 bits per heavy atom. The Hall–Kier alpha value is -1.99. The van der Waals surface area contributed by atoms with Gasteiger partial charge in [0.25, 0.3) is 0 Å². The predicted molar refractivity (Wildman–Crippen MR) is 98.6 cm³/mol. The van der Waals surface area contributed by atoms with E-state index in [4.69, 9.17) is 14.6 Å². The number of ether oxygens (including phenoxy) is 2. The summed E-state index contributed by atoms with van der Waals surface area (Å²) in [6.45, 7) is 4.88. The minimum atomic E-state index is -0.0114. The number of aliphatic hydroxyl groups excluding tert-OH is 1. The molecule has 1 aromatic rings.